The predicted octanol–water partition coefficient (Wildman–Crippen LogP) is 2.82. The third-order valence-corrected chi connectivity index (χ3v) is 3.00. The minimum atomic E-state index is -4.61. The third-order valence-electron chi connectivity index (χ3n) is 2.39. The molecule has 0 aliphatic heterocycles. The van der Waals surface area contributed by atoms with Gasteiger partial charge in [-0.1, -0.05) is 0 Å². The summed E-state index contributed by atoms with van der Waals surface area (Å²) in [5.41, 5.74) is -1.50. The van der Waals surface area contributed by atoms with E-state index in [0.29, 0.717) is 24.0 Å². The first-order valence-corrected chi connectivity index (χ1v) is 6.05. The molecule has 0 unspecified atom stereocenters. The van der Waals surface area contributed by atoms with Crippen LogP contribution in [0.15, 0.2) is 46.5 Å². The van der Waals surface area contributed by atoms with Crippen LogP contribution in [0.25, 0.3) is 5.69 Å². The van der Waals surface area contributed by atoms with Crippen LogP contribution in [-0.4, -0.2) is 9.55 Å². The van der Waals surface area contributed by atoms with E-state index in [9.17, 15) is 18.0 Å². The molecule has 0 saturated heterocycles. The maximum Gasteiger partial charge on any atom is 0.417 e. The molecule has 0 saturated carbocycles. The molecule has 0 atom stereocenters. The molecule has 0 bridgehead atoms. The zero-order valence-electron chi connectivity index (χ0n) is 9.76. The van der Waals surface area contributed by atoms with E-state index in [1.807, 2.05) is 0 Å². The summed E-state index contributed by atoms with van der Waals surface area (Å²) in [7, 11) is 0. The van der Waals surface area contributed by atoms with Gasteiger partial charge in [-0.2, -0.15) is 18.4 Å². The fourth-order valence-corrected chi connectivity index (χ4v) is 1.99. The first-order valence-electron chi connectivity index (χ1n) is 5.23. The minimum absolute atomic E-state index is 0.198. The van der Waals surface area contributed by atoms with Gasteiger partial charge in [-0.05, 0) is 30.0 Å². The van der Waals surface area contributed by atoms with Crippen LogP contribution in [0.4, 0.5) is 13.2 Å². The normalized spacial score (nSPS) is 11.1. The summed E-state index contributed by atoms with van der Waals surface area (Å²) in [5, 5.41) is 10.2. The number of pyridine rings is 2. The van der Waals surface area contributed by atoms with E-state index in [1.54, 1.807) is 5.40 Å². The molecule has 4 nitrogen and oxygen atoms in total. The van der Waals surface area contributed by atoms with Crippen LogP contribution in [0.2, 0.25) is 0 Å². The van der Waals surface area contributed by atoms with Gasteiger partial charge in [-0.3, -0.25) is 14.3 Å². The van der Waals surface area contributed by atoms with Crippen LogP contribution < -0.4 is 5.56 Å². The summed E-state index contributed by atoms with van der Waals surface area (Å²) >= 11 is 0.393. The summed E-state index contributed by atoms with van der Waals surface area (Å²) in [6.45, 7) is 0. The molecule has 2 aromatic rings. The largest absolute Gasteiger partial charge is 0.417 e. The Balaban J connectivity index is 2.71. The zero-order valence-corrected chi connectivity index (χ0v) is 10.6. The predicted molar refractivity (Wildman–Crippen MR) is 66.3 cm³/mol. The van der Waals surface area contributed by atoms with E-state index in [2.05, 4.69) is 4.98 Å². The summed E-state index contributed by atoms with van der Waals surface area (Å²) in [4.78, 5) is 15.5. The number of halogens is 3. The van der Waals surface area contributed by atoms with Gasteiger partial charge in [0, 0.05) is 12.4 Å². The number of alkyl halides is 3. The Morgan fingerprint density at radius 3 is 2.70 bits per heavy atom. The topological polar surface area (TPSA) is 58.7 Å². The van der Waals surface area contributed by atoms with Gasteiger partial charge in [0.15, 0.2) is 0 Å². The van der Waals surface area contributed by atoms with Crippen LogP contribution in [0.5, 0.6) is 0 Å². The van der Waals surface area contributed by atoms with Crippen molar-refractivity contribution in [3.8, 4) is 11.1 Å². The average molecular weight is 297 g/mol. The SMILES string of the molecule is N#CSc1cc(C(F)(F)F)cn(-c2cccnc2)c1=O. The van der Waals surface area contributed by atoms with Gasteiger partial charge >= 0.3 is 6.18 Å². The van der Waals surface area contributed by atoms with Gasteiger partial charge in [-0.15, -0.1) is 0 Å². The van der Waals surface area contributed by atoms with E-state index in [-0.39, 0.29) is 10.6 Å². The van der Waals surface area contributed by atoms with E-state index < -0.39 is 17.3 Å². The lowest BCUT2D eigenvalue weighted by atomic mass is 10.2. The second kappa shape index (κ2) is 5.38. The summed E-state index contributed by atoms with van der Waals surface area (Å²) in [6, 6.07) is 3.62. The number of thioether (sulfide) groups is 1. The molecule has 0 N–H and O–H groups in total. The highest BCUT2D eigenvalue weighted by Gasteiger charge is 2.32. The smallest absolute Gasteiger partial charge is 0.281 e. The number of aromatic nitrogens is 2. The number of nitrogens with zero attached hydrogens (tertiary/aromatic N) is 3. The molecule has 8 heteroatoms. The van der Waals surface area contributed by atoms with Crippen molar-refractivity contribution in [1.29, 1.82) is 5.26 Å². The second-order valence-electron chi connectivity index (χ2n) is 3.67. The molecule has 2 aromatic heterocycles. The van der Waals surface area contributed by atoms with Crippen LogP contribution in [0.3, 0.4) is 0 Å². The van der Waals surface area contributed by atoms with Crippen molar-refractivity contribution in [2.45, 2.75) is 11.1 Å². The first-order chi connectivity index (χ1) is 9.43. The monoisotopic (exact) mass is 297 g/mol. The minimum Gasteiger partial charge on any atom is -0.281 e. The third kappa shape index (κ3) is 2.83. The molecule has 0 aliphatic carbocycles. The Morgan fingerprint density at radius 2 is 2.15 bits per heavy atom. The Bertz CT molecular complexity index is 719. The van der Waals surface area contributed by atoms with Gasteiger partial charge < -0.3 is 0 Å². The Kier molecular flexibility index (Phi) is 3.81. The molecule has 0 aliphatic rings. The van der Waals surface area contributed by atoms with E-state index >= 15 is 0 Å². The first kappa shape index (κ1) is 14.1. The Hall–Kier alpha value is -2.27. The van der Waals surface area contributed by atoms with E-state index in [0.717, 1.165) is 4.57 Å². The highest BCUT2D eigenvalue weighted by Crippen LogP contribution is 2.30. The van der Waals surface area contributed by atoms with Gasteiger partial charge in [0.25, 0.3) is 5.56 Å². The molecule has 0 radical (unpaired) electrons. The van der Waals surface area contributed by atoms with Crippen LogP contribution >= 0.6 is 11.8 Å². The lowest BCUT2D eigenvalue weighted by Gasteiger charge is -2.12. The quantitative estimate of drug-likeness (QED) is 0.632. The average Bonchev–Trinajstić information content (AvgIpc) is 2.41. The lowest BCUT2D eigenvalue weighted by molar-refractivity contribution is -0.138. The molecule has 0 amide bonds. The van der Waals surface area contributed by atoms with Gasteiger partial charge in [0.2, 0.25) is 0 Å². The number of hydrogen-bond acceptors (Lipinski definition) is 4. The van der Waals surface area contributed by atoms with Crippen LogP contribution in [0, 0.1) is 10.7 Å². The van der Waals surface area contributed by atoms with Crippen molar-refractivity contribution in [1.82, 2.24) is 9.55 Å². The number of nitriles is 1. The Labute approximate surface area is 115 Å². The van der Waals surface area contributed by atoms with Crippen molar-refractivity contribution in [3.05, 3.63) is 52.7 Å². The zero-order chi connectivity index (χ0) is 14.8. The van der Waals surface area contributed by atoms with Gasteiger partial charge in [0.1, 0.15) is 5.40 Å². The van der Waals surface area contributed by atoms with Crippen molar-refractivity contribution in [2.75, 3.05) is 0 Å². The molecular weight excluding hydrogens is 291 g/mol. The van der Waals surface area contributed by atoms with Crippen molar-refractivity contribution >= 4 is 11.8 Å². The van der Waals surface area contributed by atoms with E-state index in [4.69, 9.17) is 5.26 Å². The van der Waals surface area contributed by atoms with Crippen molar-refractivity contribution in [2.24, 2.45) is 0 Å². The molecule has 2 rings (SSSR count). The molecule has 2 heterocycles. The molecule has 0 aromatic carbocycles. The van der Waals surface area contributed by atoms with Crippen LogP contribution in [-0.2, 0) is 6.18 Å². The Morgan fingerprint density at radius 1 is 1.40 bits per heavy atom. The molecule has 20 heavy (non-hydrogen) atoms. The van der Waals surface area contributed by atoms with E-state index in [1.165, 1.54) is 24.5 Å². The molecule has 102 valence electrons. The second-order valence-corrected chi connectivity index (χ2v) is 4.50. The standard InChI is InChI=1S/C12H6F3N3OS/c13-12(14,15)8-4-10(20-7-16)11(19)18(6-8)9-2-1-3-17-5-9/h1-6H. The van der Waals surface area contributed by atoms with Crippen molar-refractivity contribution < 1.29 is 13.2 Å². The maximum atomic E-state index is 12.8. The highest BCUT2D eigenvalue weighted by molar-refractivity contribution is 8.03. The van der Waals surface area contributed by atoms with Gasteiger partial charge in [-0.25, -0.2) is 0 Å². The number of hydrogen-bond donors (Lipinski definition) is 0. The van der Waals surface area contributed by atoms with Crippen LogP contribution in [0.1, 0.15) is 5.56 Å². The summed E-state index contributed by atoms with van der Waals surface area (Å²) in [5.74, 6) is 0. The summed E-state index contributed by atoms with van der Waals surface area (Å²) in [6.07, 6.45) is -1.21. The summed E-state index contributed by atoms with van der Waals surface area (Å²) < 4.78 is 39.3. The molecule has 0 fully saturated rings. The number of thiocyanates is 1. The van der Waals surface area contributed by atoms with Gasteiger partial charge in [0.05, 0.1) is 22.3 Å². The number of rotatable bonds is 2. The highest BCUT2D eigenvalue weighted by atomic mass is 32.2. The fraction of sp³-hybridized carbons (Fsp3) is 0.0833. The molecular formula is C12H6F3N3OS. The maximum absolute atomic E-state index is 12.8. The van der Waals surface area contributed by atoms with Crippen molar-refractivity contribution in [3.63, 3.8) is 0 Å². The fourth-order valence-electron chi connectivity index (χ4n) is 1.52. The molecule has 0 spiro atoms. The lowest BCUT2D eigenvalue weighted by Crippen LogP contribution is -2.22.